The van der Waals surface area contributed by atoms with Crippen LogP contribution in [0.4, 0.5) is 0 Å². The predicted octanol–water partition coefficient (Wildman–Crippen LogP) is 2.95. The lowest BCUT2D eigenvalue weighted by Gasteiger charge is -2.32. The van der Waals surface area contributed by atoms with E-state index in [1.807, 2.05) is 25.2 Å². The summed E-state index contributed by atoms with van der Waals surface area (Å²) >= 11 is 6.23. The van der Waals surface area contributed by atoms with E-state index in [9.17, 15) is 0 Å². The zero-order valence-corrected chi connectivity index (χ0v) is 13.1. The van der Waals surface area contributed by atoms with E-state index in [-0.39, 0.29) is 12.4 Å². The molecule has 3 nitrogen and oxygen atoms in total. The molecule has 0 aromatic heterocycles. The maximum absolute atomic E-state index is 6.23. The predicted molar refractivity (Wildman–Crippen MR) is 82.6 cm³/mol. The first-order chi connectivity index (χ1) is 8.72. The summed E-state index contributed by atoms with van der Waals surface area (Å²) in [6.45, 7) is 3.16. The molecule has 1 aromatic rings. The van der Waals surface area contributed by atoms with Crippen molar-refractivity contribution in [3.8, 4) is 5.75 Å². The Kier molecular flexibility index (Phi) is 6.94. The molecule has 5 heteroatoms. The molecule has 0 amide bonds. The first kappa shape index (κ1) is 16.6. The lowest BCUT2D eigenvalue weighted by Crippen LogP contribution is -2.40. The van der Waals surface area contributed by atoms with Crippen molar-refractivity contribution >= 4 is 24.0 Å². The van der Waals surface area contributed by atoms with Gasteiger partial charge >= 0.3 is 0 Å². The van der Waals surface area contributed by atoms with E-state index in [4.69, 9.17) is 16.3 Å². The number of piperidine rings is 1. The lowest BCUT2D eigenvalue weighted by molar-refractivity contribution is 0.194. The highest BCUT2D eigenvalue weighted by atomic mass is 35.5. The second-order valence-electron chi connectivity index (χ2n) is 4.80. The summed E-state index contributed by atoms with van der Waals surface area (Å²) in [6, 6.07) is 6.52. The summed E-state index contributed by atoms with van der Waals surface area (Å²) in [5.74, 6) is 0.875. The Labute approximate surface area is 126 Å². The normalized spacial score (nSPS) is 17.0. The maximum Gasteiger partial charge on any atom is 0.119 e. The van der Waals surface area contributed by atoms with Crippen LogP contribution in [0.1, 0.15) is 18.4 Å². The van der Waals surface area contributed by atoms with Crippen LogP contribution in [-0.2, 0) is 6.54 Å². The van der Waals surface area contributed by atoms with Gasteiger partial charge in [0.2, 0.25) is 0 Å². The van der Waals surface area contributed by atoms with Gasteiger partial charge in [-0.3, -0.25) is 4.90 Å². The summed E-state index contributed by atoms with van der Waals surface area (Å²) in [5, 5.41) is 4.17. The third kappa shape index (κ3) is 4.53. The van der Waals surface area contributed by atoms with Crippen LogP contribution < -0.4 is 10.1 Å². The first-order valence-electron chi connectivity index (χ1n) is 6.45. The van der Waals surface area contributed by atoms with Gasteiger partial charge in [0.25, 0.3) is 0 Å². The average Bonchev–Trinajstić information content (AvgIpc) is 2.42. The molecule has 1 fully saturated rings. The molecular formula is C14H22Cl2N2O. The topological polar surface area (TPSA) is 24.5 Å². The number of nitrogens with one attached hydrogen (secondary N) is 1. The first-order valence-corrected chi connectivity index (χ1v) is 6.82. The number of likely N-dealkylation sites (tertiary alicyclic amines) is 1. The minimum absolute atomic E-state index is 0. The quantitative estimate of drug-likeness (QED) is 0.925. The summed E-state index contributed by atoms with van der Waals surface area (Å²) in [5.41, 5.74) is 1.15. The van der Waals surface area contributed by atoms with E-state index in [2.05, 4.69) is 10.2 Å². The molecule has 0 aliphatic carbocycles. The number of rotatable bonds is 4. The van der Waals surface area contributed by atoms with Crippen LogP contribution >= 0.6 is 24.0 Å². The Morgan fingerprint density at radius 3 is 2.63 bits per heavy atom. The molecule has 0 unspecified atom stereocenters. The average molecular weight is 305 g/mol. The zero-order chi connectivity index (χ0) is 13.0. The van der Waals surface area contributed by atoms with E-state index in [1.165, 1.54) is 12.8 Å². The van der Waals surface area contributed by atoms with Gasteiger partial charge in [-0.25, -0.2) is 0 Å². The van der Waals surface area contributed by atoms with Crippen molar-refractivity contribution in [1.29, 1.82) is 0 Å². The van der Waals surface area contributed by atoms with Crippen molar-refractivity contribution in [3.05, 3.63) is 28.8 Å². The third-order valence-electron chi connectivity index (χ3n) is 3.64. The maximum atomic E-state index is 6.23. The summed E-state index contributed by atoms with van der Waals surface area (Å²) in [7, 11) is 3.73. The fourth-order valence-corrected chi connectivity index (χ4v) is 2.60. The van der Waals surface area contributed by atoms with Gasteiger partial charge < -0.3 is 10.1 Å². The standard InChI is InChI=1S/C14H21ClN2O.ClH/c1-16-12-5-7-17(8-6-12)10-11-9-13(18-2)3-4-14(11)15;/h3-4,9,12,16H,5-8,10H2,1-2H3;1H. The molecule has 1 N–H and O–H groups in total. The molecule has 0 spiro atoms. The molecule has 0 bridgehead atoms. The number of methoxy groups -OCH3 is 1. The van der Waals surface area contributed by atoms with Crippen LogP contribution in [0.2, 0.25) is 5.02 Å². The van der Waals surface area contributed by atoms with Crippen LogP contribution in [-0.4, -0.2) is 38.2 Å². The minimum atomic E-state index is 0. The second-order valence-corrected chi connectivity index (χ2v) is 5.20. The lowest BCUT2D eigenvalue weighted by atomic mass is 10.0. The molecule has 19 heavy (non-hydrogen) atoms. The molecule has 1 aromatic carbocycles. The van der Waals surface area contributed by atoms with Crippen molar-refractivity contribution in [3.63, 3.8) is 0 Å². The number of halogens is 2. The summed E-state index contributed by atoms with van der Waals surface area (Å²) < 4.78 is 5.25. The van der Waals surface area contributed by atoms with Gasteiger partial charge in [-0.15, -0.1) is 12.4 Å². The van der Waals surface area contributed by atoms with Crippen molar-refractivity contribution in [2.75, 3.05) is 27.2 Å². The van der Waals surface area contributed by atoms with Gasteiger partial charge in [-0.1, -0.05) is 11.6 Å². The SMILES string of the molecule is CNC1CCN(Cc2cc(OC)ccc2Cl)CC1.Cl. The van der Waals surface area contributed by atoms with Crippen LogP contribution in [0, 0.1) is 0 Å². The Balaban J connectivity index is 0.00000180. The van der Waals surface area contributed by atoms with E-state index in [0.29, 0.717) is 6.04 Å². The Morgan fingerprint density at radius 2 is 2.05 bits per heavy atom. The molecule has 2 rings (SSSR count). The van der Waals surface area contributed by atoms with Crippen molar-refractivity contribution < 1.29 is 4.74 Å². The van der Waals surface area contributed by atoms with E-state index in [1.54, 1.807) is 7.11 Å². The van der Waals surface area contributed by atoms with Crippen molar-refractivity contribution in [2.45, 2.75) is 25.4 Å². The van der Waals surface area contributed by atoms with Gasteiger partial charge in [0, 0.05) is 17.6 Å². The Morgan fingerprint density at radius 1 is 1.37 bits per heavy atom. The van der Waals surface area contributed by atoms with Crippen LogP contribution in [0.3, 0.4) is 0 Å². The van der Waals surface area contributed by atoms with Gasteiger partial charge in [-0.05, 0) is 56.7 Å². The smallest absolute Gasteiger partial charge is 0.119 e. The van der Waals surface area contributed by atoms with Crippen molar-refractivity contribution in [1.82, 2.24) is 10.2 Å². The molecule has 0 saturated carbocycles. The van der Waals surface area contributed by atoms with Crippen LogP contribution in [0.15, 0.2) is 18.2 Å². The molecule has 0 radical (unpaired) electrons. The molecule has 108 valence electrons. The van der Waals surface area contributed by atoms with Gasteiger partial charge in [-0.2, -0.15) is 0 Å². The van der Waals surface area contributed by atoms with Gasteiger partial charge in [0.15, 0.2) is 0 Å². The molecule has 0 atom stereocenters. The number of hydrogen-bond donors (Lipinski definition) is 1. The van der Waals surface area contributed by atoms with E-state index >= 15 is 0 Å². The fourth-order valence-electron chi connectivity index (χ4n) is 2.42. The molecule has 1 saturated heterocycles. The van der Waals surface area contributed by atoms with Crippen LogP contribution in [0.25, 0.3) is 0 Å². The van der Waals surface area contributed by atoms with Gasteiger partial charge in [0.1, 0.15) is 5.75 Å². The van der Waals surface area contributed by atoms with Crippen LogP contribution in [0.5, 0.6) is 5.75 Å². The van der Waals surface area contributed by atoms with E-state index in [0.717, 1.165) is 36.0 Å². The van der Waals surface area contributed by atoms with Crippen molar-refractivity contribution in [2.24, 2.45) is 0 Å². The highest BCUT2D eigenvalue weighted by Gasteiger charge is 2.18. The Bertz CT molecular complexity index is 393. The number of hydrogen-bond acceptors (Lipinski definition) is 3. The number of ether oxygens (including phenoxy) is 1. The highest BCUT2D eigenvalue weighted by Crippen LogP contribution is 2.24. The monoisotopic (exact) mass is 304 g/mol. The van der Waals surface area contributed by atoms with E-state index < -0.39 is 0 Å². The molecule has 1 heterocycles. The molecule has 1 aliphatic rings. The Hall–Kier alpha value is -0.480. The molecule has 1 aliphatic heterocycles. The largest absolute Gasteiger partial charge is 0.497 e. The highest BCUT2D eigenvalue weighted by molar-refractivity contribution is 6.31. The number of benzene rings is 1. The molecular weight excluding hydrogens is 283 g/mol. The third-order valence-corrected chi connectivity index (χ3v) is 4.01. The zero-order valence-electron chi connectivity index (χ0n) is 11.5. The van der Waals surface area contributed by atoms with Gasteiger partial charge in [0.05, 0.1) is 7.11 Å². The number of nitrogens with zero attached hydrogens (tertiary/aromatic N) is 1. The second kappa shape index (κ2) is 7.95. The summed E-state index contributed by atoms with van der Waals surface area (Å²) in [4.78, 5) is 2.45. The fraction of sp³-hybridized carbons (Fsp3) is 0.571. The minimum Gasteiger partial charge on any atom is -0.497 e. The summed E-state index contributed by atoms with van der Waals surface area (Å²) in [6.07, 6.45) is 2.41.